The Morgan fingerprint density at radius 1 is 1.21 bits per heavy atom. The van der Waals surface area contributed by atoms with E-state index in [2.05, 4.69) is 32.7 Å². The second kappa shape index (κ2) is 14.2. The van der Waals surface area contributed by atoms with Crippen LogP contribution >= 0.6 is 24.0 Å². The van der Waals surface area contributed by atoms with Crippen molar-refractivity contribution in [3.05, 3.63) is 35.9 Å². The number of guanidine groups is 1. The summed E-state index contributed by atoms with van der Waals surface area (Å²) in [6, 6.07) is 7.87. The van der Waals surface area contributed by atoms with E-state index in [0.717, 1.165) is 48.9 Å². The smallest absolute Gasteiger partial charge is 0.196 e. The van der Waals surface area contributed by atoms with Gasteiger partial charge in [0.25, 0.3) is 0 Å². The molecule has 0 fully saturated rings. The van der Waals surface area contributed by atoms with Gasteiger partial charge in [0.05, 0.1) is 6.61 Å². The second-order valence-electron chi connectivity index (χ2n) is 6.52. The lowest BCUT2D eigenvalue weighted by molar-refractivity contribution is 0.172. The van der Waals surface area contributed by atoms with E-state index in [9.17, 15) is 0 Å². The summed E-state index contributed by atoms with van der Waals surface area (Å²) < 4.78 is 12.8. The molecule has 2 N–H and O–H groups in total. The predicted molar refractivity (Wildman–Crippen MR) is 127 cm³/mol. The van der Waals surface area contributed by atoms with Crippen LogP contribution in [-0.2, 0) is 18.3 Å². The minimum Gasteiger partial charge on any atom is -0.493 e. The summed E-state index contributed by atoms with van der Waals surface area (Å²) >= 11 is 0. The number of nitrogens with one attached hydrogen (secondary N) is 2. The molecule has 2 rings (SSSR count). The Hall–Kier alpha value is -1.88. The molecule has 9 heteroatoms. The maximum absolute atomic E-state index is 5.77. The summed E-state index contributed by atoms with van der Waals surface area (Å²) in [5, 5.41) is 15.0. The monoisotopic (exact) mass is 516 g/mol. The van der Waals surface area contributed by atoms with Crippen molar-refractivity contribution in [1.82, 2.24) is 20.1 Å². The highest BCUT2D eigenvalue weighted by Gasteiger charge is 2.06. The maximum Gasteiger partial charge on any atom is 0.196 e. The minimum atomic E-state index is 0. The molecule has 0 bridgehead atoms. The van der Waals surface area contributed by atoms with Crippen LogP contribution in [0.25, 0.3) is 0 Å². The van der Waals surface area contributed by atoms with Gasteiger partial charge < -0.3 is 24.7 Å². The van der Waals surface area contributed by atoms with Crippen molar-refractivity contribution < 1.29 is 9.47 Å². The fourth-order valence-electron chi connectivity index (χ4n) is 2.46. The summed E-state index contributed by atoms with van der Waals surface area (Å²) in [5.41, 5.74) is 0.918. The topological polar surface area (TPSA) is 85.6 Å². The van der Waals surface area contributed by atoms with Gasteiger partial charge in [-0.1, -0.05) is 19.4 Å². The third kappa shape index (κ3) is 8.99. The number of rotatable bonds is 11. The molecule has 0 amide bonds. The van der Waals surface area contributed by atoms with Crippen LogP contribution in [0.1, 0.15) is 37.8 Å². The first-order valence-corrected chi connectivity index (χ1v) is 9.76. The van der Waals surface area contributed by atoms with Crippen molar-refractivity contribution in [3.8, 4) is 5.75 Å². The molecule has 0 atom stereocenters. The summed E-state index contributed by atoms with van der Waals surface area (Å²) in [4.78, 5) is 4.67. The first kappa shape index (κ1) is 25.2. The molecular formula is C20H33IN6O2. The fraction of sp³-hybridized carbons (Fsp3) is 0.550. The van der Waals surface area contributed by atoms with Crippen molar-refractivity contribution >= 4 is 35.6 Å². The number of halogens is 1. The van der Waals surface area contributed by atoms with E-state index in [1.165, 1.54) is 0 Å². The lowest BCUT2D eigenvalue weighted by Crippen LogP contribution is -2.31. The minimum absolute atomic E-state index is 0. The lowest BCUT2D eigenvalue weighted by atomic mass is 10.3. The van der Waals surface area contributed by atoms with Gasteiger partial charge in [0.15, 0.2) is 11.8 Å². The van der Waals surface area contributed by atoms with E-state index in [-0.39, 0.29) is 24.0 Å². The van der Waals surface area contributed by atoms with Crippen LogP contribution in [0, 0.1) is 6.92 Å². The van der Waals surface area contributed by atoms with Crippen LogP contribution in [0.5, 0.6) is 5.75 Å². The summed E-state index contributed by atoms with van der Waals surface area (Å²) in [5.74, 6) is 3.23. The zero-order chi connectivity index (χ0) is 20.2. The normalized spacial score (nSPS) is 11.1. The van der Waals surface area contributed by atoms with Gasteiger partial charge in [-0.3, -0.25) is 0 Å². The number of hydrogen-bond acceptors (Lipinski definition) is 5. The number of aliphatic imine (C=N–C) groups is 1. The van der Waals surface area contributed by atoms with Crippen molar-refractivity contribution in [2.45, 2.75) is 39.7 Å². The van der Waals surface area contributed by atoms with Crippen LogP contribution in [0.15, 0.2) is 29.3 Å². The van der Waals surface area contributed by atoms with Gasteiger partial charge in [0.1, 0.15) is 18.1 Å². The largest absolute Gasteiger partial charge is 0.493 e. The van der Waals surface area contributed by atoms with Crippen molar-refractivity contribution in [2.75, 3.05) is 32.2 Å². The van der Waals surface area contributed by atoms with Gasteiger partial charge in [0, 0.05) is 45.5 Å². The van der Waals surface area contributed by atoms with E-state index in [1.54, 1.807) is 7.11 Å². The quantitative estimate of drug-likeness (QED) is 0.206. The molecule has 0 radical (unpaired) electrons. The Bertz CT molecular complexity index is 750. The molecular weight excluding hydrogens is 483 g/mol. The van der Waals surface area contributed by atoms with Gasteiger partial charge >= 0.3 is 0 Å². The maximum atomic E-state index is 5.77. The number of aryl methyl sites for hydroxylation is 1. The van der Waals surface area contributed by atoms with Gasteiger partial charge in [-0.15, -0.1) is 34.2 Å². The van der Waals surface area contributed by atoms with Crippen LogP contribution in [0.4, 0.5) is 5.69 Å². The molecule has 0 aliphatic carbocycles. The van der Waals surface area contributed by atoms with Gasteiger partial charge in [-0.2, -0.15) is 0 Å². The summed E-state index contributed by atoms with van der Waals surface area (Å²) in [7, 11) is 3.64. The zero-order valence-electron chi connectivity index (χ0n) is 17.8. The number of benzene rings is 1. The Balaban J connectivity index is 0.00000420. The fourth-order valence-corrected chi connectivity index (χ4v) is 2.46. The molecule has 0 saturated heterocycles. The number of methoxy groups -OCH3 is 1. The SMILES string of the molecule is CCCCNC(=NCc1nnc(C)n1C)Nc1cccc(OCCCOC)c1.I. The molecule has 1 heterocycles. The van der Waals surface area contributed by atoms with Crippen molar-refractivity contribution in [2.24, 2.45) is 12.0 Å². The molecule has 0 aliphatic rings. The van der Waals surface area contributed by atoms with Crippen molar-refractivity contribution in [1.29, 1.82) is 0 Å². The van der Waals surface area contributed by atoms with E-state index in [1.807, 2.05) is 42.8 Å². The average Bonchev–Trinajstić information content (AvgIpc) is 3.02. The Morgan fingerprint density at radius 2 is 2.03 bits per heavy atom. The summed E-state index contributed by atoms with van der Waals surface area (Å²) in [6.45, 7) is 6.71. The van der Waals surface area contributed by atoms with E-state index < -0.39 is 0 Å². The Morgan fingerprint density at radius 3 is 2.72 bits per heavy atom. The predicted octanol–water partition coefficient (Wildman–Crippen LogP) is 3.51. The number of ether oxygens (including phenoxy) is 2. The van der Waals surface area contributed by atoms with E-state index in [0.29, 0.717) is 25.7 Å². The van der Waals surface area contributed by atoms with Gasteiger partial charge in [-0.25, -0.2) is 4.99 Å². The number of unbranched alkanes of at least 4 members (excludes halogenated alkanes) is 1. The second-order valence-corrected chi connectivity index (χ2v) is 6.52. The number of anilines is 1. The highest BCUT2D eigenvalue weighted by atomic mass is 127. The molecule has 162 valence electrons. The third-order valence-corrected chi connectivity index (χ3v) is 4.24. The molecule has 0 saturated carbocycles. The van der Waals surface area contributed by atoms with Crippen LogP contribution in [0.3, 0.4) is 0 Å². The molecule has 29 heavy (non-hydrogen) atoms. The highest BCUT2D eigenvalue weighted by Crippen LogP contribution is 2.17. The molecule has 1 aromatic carbocycles. The van der Waals surface area contributed by atoms with Crippen LogP contribution in [-0.4, -0.2) is 47.6 Å². The van der Waals surface area contributed by atoms with Crippen LogP contribution in [0.2, 0.25) is 0 Å². The molecule has 0 aliphatic heterocycles. The Kier molecular flexibility index (Phi) is 12.3. The Labute approximate surface area is 190 Å². The molecule has 1 aromatic heterocycles. The standard InChI is InChI=1S/C20H32N6O2.HI/c1-5-6-11-21-20(22-15-19-25-24-16(2)26(19)3)23-17-9-7-10-18(14-17)28-13-8-12-27-4;/h7,9-10,14H,5-6,8,11-13,15H2,1-4H3,(H2,21,22,23);1H. The van der Waals surface area contributed by atoms with E-state index >= 15 is 0 Å². The third-order valence-electron chi connectivity index (χ3n) is 4.24. The number of aromatic nitrogens is 3. The first-order chi connectivity index (χ1) is 13.6. The van der Waals surface area contributed by atoms with Gasteiger partial charge in [-0.05, 0) is 25.5 Å². The van der Waals surface area contributed by atoms with E-state index in [4.69, 9.17) is 9.47 Å². The molecule has 0 spiro atoms. The lowest BCUT2D eigenvalue weighted by Gasteiger charge is -2.14. The highest BCUT2D eigenvalue weighted by molar-refractivity contribution is 14.0. The summed E-state index contributed by atoms with van der Waals surface area (Å²) in [6.07, 6.45) is 3.05. The zero-order valence-corrected chi connectivity index (χ0v) is 20.1. The van der Waals surface area contributed by atoms with Crippen molar-refractivity contribution in [3.63, 3.8) is 0 Å². The number of hydrogen-bond donors (Lipinski definition) is 2. The van der Waals surface area contributed by atoms with Crippen LogP contribution < -0.4 is 15.4 Å². The first-order valence-electron chi connectivity index (χ1n) is 9.76. The van der Waals surface area contributed by atoms with Gasteiger partial charge in [0.2, 0.25) is 0 Å². The number of nitrogens with zero attached hydrogens (tertiary/aromatic N) is 4. The molecule has 0 unspecified atom stereocenters. The molecule has 8 nitrogen and oxygen atoms in total. The average molecular weight is 516 g/mol. The molecule has 2 aromatic rings.